The number of rotatable bonds is 14. The molecule has 9 heteroatoms. The van der Waals surface area contributed by atoms with E-state index in [0.29, 0.717) is 12.3 Å². The predicted octanol–water partition coefficient (Wildman–Crippen LogP) is 5.03. The molecule has 1 atom stereocenters. The van der Waals surface area contributed by atoms with Crippen molar-refractivity contribution in [2.75, 3.05) is 27.2 Å². The number of methoxy groups -OCH3 is 1. The largest absolute Gasteiger partial charge is 0.497 e. The van der Waals surface area contributed by atoms with Gasteiger partial charge in [0, 0.05) is 26.6 Å². The van der Waals surface area contributed by atoms with Crippen molar-refractivity contribution in [3.63, 3.8) is 0 Å². The average Bonchev–Trinajstić information content (AvgIpc) is 3.03. The van der Waals surface area contributed by atoms with Gasteiger partial charge in [0.25, 0.3) is 0 Å². The van der Waals surface area contributed by atoms with Gasteiger partial charge in [-0.3, -0.25) is 9.59 Å². The molecule has 4 aromatic carbocycles. The molecule has 0 aliphatic heterocycles. The molecule has 0 aromatic heterocycles. The van der Waals surface area contributed by atoms with Gasteiger partial charge < -0.3 is 15.0 Å². The molecular formula is C34H39N3O5S. The lowest BCUT2D eigenvalue weighted by molar-refractivity contribution is -0.141. The van der Waals surface area contributed by atoms with Crippen molar-refractivity contribution in [1.82, 2.24) is 14.5 Å². The zero-order valence-electron chi connectivity index (χ0n) is 24.9. The van der Waals surface area contributed by atoms with Gasteiger partial charge in [0.1, 0.15) is 11.8 Å². The second kappa shape index (κ2) is 14.8. The minimum atomic E-state index is -4.00. The Kier molecular flexibility index (Phi) is 10.9. The Balaban J connectivity index is 1.67. The summed E-state index contributed by atoms with van der Waals surface area (Å²) in [7, 11) is -1.05. The van der Waals surface area contributed by atoms with Crippen LogP contribution in [0.4, 0.5) is 0 Å². The molecule has 4 aromatic rings. The first-order valence-electron chi connectivity index (χ1n) is 14.4. The number of hydrogen-bond acceptors (Lipinski definition) is 5. The third-order valence-corrected chi connectivity index (χ3v) is 9.17. The second-order valence-corrected chi connectivity index (χ2v) is 12.5. The van der Waals surface area contributed by atoms with Crippen molar-refractivity contribution in [2.45, 2.75) is 43.7 Å². The molecule has 0 fully saturated rings. The second-order valence-electron chi connectivity index (χ2n) is 10.5. The molecule has 0 spiro atoms. The van der Waals surface area contributed by atoms with Crippen LogP contribution in [0, 0.1) is 0 Å². The van der Waals surface area contributed by atoms with Gasteiger partial charge in [-0.1, -0.05) is 86.1 Å². The summed E-state index contributed by atoms with van der Waals surface area (Å²) >= 11 is 0. The van der Waals surface area contributed by atoms with Gasteiger partial charge >= 0.3 is 0 Å². The number of fused-ring (bicyclic) bond motifs is 1. The number of amides is 2. The van der Waals surface area contributed by atoms with Crippen molar-refractivity contribution in [1.29, 1.82) is 0 Å². The first-order chi connectivity index (χ1) is 20.7. The third kappa shape index (κ3) is 8.21. The van der Waals surface area contributed by atoms with E-state index in [2.05, 4.69) is 5.32 Å². The Morgan fingerprint density at radius 1 is 0.860 bits per heavy atom. The van der Waals surface area contributed by atoms with E-state index in [1.807, 2.05) is 79.7 Å². The monoisotopic (exact) mass is 601 g/mol. The molecule has 0 bridgehead atoms. The van der Waals surface area contributed by atoms with Crippen molar-refractivity contribution < 1.29 is 22.7 Å². The Bertz CT molecular complexity index is 1640. The lowest BCUT2D eigenvalue weighted by Crippen LogP contribution is -2.53. The maximum absolute atomic E-state index is 14.1. The van der Waals surface area contributed by atoms with Crippen molar-refractivity contribution >= 4 is 32.6 Å². The fraction of sp³-hybridized carbons (Fsp3) is 0.294. The lowest BCUT2D eigenvalue weighted by atomic mass is 10.0. The number of hydrogen-bond donors (Lipinski definition) is 1. The Labute approximate surface area is 254 Å². The van der Waals surface area contributed by atoms with Crippen LogP contribution in [0.15, 0.2) is 102 Å². The normalized spacial score (nSPS) is 12.2. The van der Waals surface area contributed by atoms with Crippen LogP contribution in [0.1, 0.15) is 30.9 Å². The van der Waals surface area contributed by atoms with Gasteiger partial charge in [-0.2, -0.15) is 4.31 Å². The van der Waals surface area contributed by atoms with Crippen molar-refractivity contribution in [3.05, 3.63) is 108 Å². The Morgan fingerprint density at radius 2 is 1.56 bits per heavy atom. The van der Waals surface area contributed by atoms with E-state index in [1.165, 1.54) is 11.9 Å². The minimum Gasteiger partial charge on any atom is -0.497 e. The zero-order valence-corrected chi connectivity index (χ0v) is 25.7. The summed E-state index contributed by atoms with van der Waals surface area (Å²) in [6, 6.07) is 28.3. The highest BCUT2D eigenvalue weighted by Gasteiger charge is 2.33. The smallest absolute Gasteiger partial charge is 0.243 e. The Hall–Kier alpha value is -4.21. The maximum atomic E-state index is 14.1. The van der Waals surface area contributed by atoms with Gasteiger partial charge in [-0.05, 0) is 52.6 Å². The van der Waals surface area contributed by atoms with E-state index in [-0.39, 0.29) is 23.8 Å². The highest BCUT2D eigenvalue weighted by Crippen LogP contribution is 2.23. The molecule has 0 aliphatic rings. The molecule has 43 heavy (non-hydrogen) atoms. The van der Waals surface area contributed by atoms with Crippen LogP contribution in [0.25, 0.3) is 10.8 Å². The van der Waals surface area contributed by atoms with Gasteiger partial charge in [-0.25, -0.2) is 8.42 Å². The van der Waals surface area contributed by atoms with E-state index in [4.69, 9.17) is 4.74 Å². The quantitative estimate of drug-likeness (QED) is 0.205. The molecule has 0 unspecified atom stereocenters. The van der Waals surface area contributed by atoms with Gasteiger partial charge in [0.2, 0.25) is 21.8 Å². The topological polar surface area (TPSA) is 96.0 Å². The number of nitrogens with zero attached hydrogens (tertiary/aromatic N) is 2. The first-order valence-corrected chi connectivity index (χ1v) is 15.9. The van der Waals surface area contributed by atoms with E-state index < -0.39 is 28.5 Å². The van der Waals surface area contributed by atoms with Crippen LogP contribution in [0.2, 0.25) is 0 Å². The first kappa shape index (κ1) is 31.7. The molecule has 0 radical (unpaired) electrons. The summed E-state index contributed by atoms with van der Waals surface area (Å²) in [6.07, 6.45) is 1.99. The molecule has 0 saturated carbocycles. The van der Waals surface area contributed by atoms with Crippen LogP contribution in [0.5, 0.6) is 5.75 Å². The van der Waals surface area contributed by atoms with E-state index >= 15 is 0 Å². The van der Waals surface area contributed by atoms with Crippen LogP contribution in [0.3, 0.4) is 0 Å². The predicted molar refractivity (Wildman–Crippen MR) is 169 cm³/mol. The van der Waals surface area contributed by atoms with Gasteiger partial charge in [0.05, 0.1) is 18.6 Å². The number of sulfonamides is 1. The fourth-order valence-corrected chi connectivity index (χ4v) is 6.06. The number of unbranched alkanes of at least 4 members (excludes halogenated alkanes) is 1. The summed E-state index contributed by atoms with van der Waals surface area (Å²) in [4.78, 5) is 29.3. The van der Waals surface area contributed by atoms with Crippen molar-refractivity contribution in [3.8, 4) is 5.75 Å². The van der Waals surface area contributed by atoms with Gasteiger partial charge in [-0.15, -0.1) is 0 Å². The highest BCUT2D eigenvalue weighted by atomic mass is 32.2. The van der Waals surface area contributed by atoms with Crippen LogP contribution in [-0.2, 0) is 32.6 Å². The number of carbonyl (C=O) groups excluding carboxylic acids is 2. The molecule has 0 aliphatic carbocycles. The maximum Gasteiger partial charge on any atom is 0.243 e. The molecule has 0 heterocycles. The summed E-state index contributed by atoms with van der Waals surface area (Å²) in [5.41, 5.74) is 1.64. The molecule has 1 N–H and O–H groups in total. The molecule has 226 valence electrons. The van der Waals surface area contributed by atoms with Gasteiger partial charge in [0.15, 0.2) is 0 Å². The summed E-state index contributed by atoms with van der Waals surface area (Å²) in [6.45, 7) is 2.18. The average molecular weight is 602 g/mol. The van der Waals surface area contributed by atoms with E-state index in [1.54, 1.807) is 31.4 Å². The number of ether oxygens (including phenoxy) is 1. The zero-order chi connectivity index (χ0) is 30.8. The van der Waals surface area contributed by atoms with Crippen LogP contribution < -0.4 is 10.1 Å². The lowest BCUT2D eigenvalue weighted by Gasteiger charge is -2.32. The summed E-state index contributed by atoms with van der Waals surface area (Å²) in [5.74, 6) is -0.150. The number of nitrogens with one attached hydrogen (secondary N) is 1. The molecule has 4 rings (SSSR count). The van der Waals surface area contributed by atoms with Crippen molar-refractivity contribution in [2.24, 2.45) is 0 Å². The standard InChI is InChI=1S/C34H39N3O5S/c1-4-5-20-35-34(39)32(22-26-12-7-6-8-13-26)37(24-27-14-11-17-30(21-27)42-3)33(38)25-36(2)43(40,41)31-19-18-28-15-9-10-16-29(28)23-31/h6-19,21,23,32H,4-5,20,22,24-25H2,1-3H3,(H,35,39)/t32-/m0/s1. The van der Waals surface area contributed by atoms with Crippen LogP contribution in [-0.4, -0.2) is 62.7 Å². The number of likely N-dealkylation sites (N-methyl/N-ethyl adjacent to an activating group) is 1. The molecule has 0 saturated heterocycles. The number of carbonyl (C=O) groups is 2. The highest BCUT2D eigenvalue weighted by molar-refractivity contribution is 7.89. The third-order valence-electron chi connectivity index (χ3n) is 7.37. The van der Waals surface area contributed by atoms with E-state index in [9.17, 15) is 18.0 Å². The summed E-state index contributed by atoms with van der Waals surface area (Å²) < 4.78 is 33.6. The fourth-order valence-electron chi connectivity index (χ4n) is 4.90. The molecule has 2 amide bonds. The van der Waals surface area contributed by atoms with Crippen LogP contribution >= 0.6 is 0 Å². The number of benzene rings is 4. The summed E-state index contributed by atoms with van der Waals surface area (Å²) in [5, 5.41) is 4.69. The Morgan fingerprint density at radius 3 is 2.28 bits per heavy atom. The SMILES string of the molecule is CCCCNC(=O)[C@H](Cc1ccccc1)N(Cc1cccc(OC)c1)C(=O)CN(C)S(=O)(=O)c1ccc2ccccc2c1. The minimum absolute atomic E-state index is 0.0958. The van der Waals surface area contributed by atoms with E-state index in [0.717, 1.165) is 39.0 Å². The molecule has 8 nitrogen and oxygen atoms in total. The molecular weight excluding hydrogens is 562 g/mol.